The summed E-state index contributed by atoms with van der Waals surface area (Å²) in [6, 6.07) is 9.98. The Morgan fingerprint density at radius 3 is 2.72 bits per heavy atom. The monoisotopic (exact) mass is 242 g/mol. The Bertz CT molecular complexity index is 525. The lowest BCUT2D eigenvalue weighted by atomic mass is 10.2. The third-order valence-electron chi connectivity index (χ3n) is 2.74. The number of nitrogens with two attached hydrogens (primary N) is 1. The second-order valence-corrected chi connectivity index (χ2v) is 4.49. The molecule has 0 radical (unpaired) electrons. The Morgan fingerprint density at radius 1 is 1.17 bits per heavy atom. The van der Waals surface area contributed by atoms with E-state index in [2.05, 4.69) is 21.9 Å². The van der Waals surface area contributed by atoms with Gasteiger partial charge >= 0.3 is 0 Å². The van der Waals surface area contributed by atoms with E-state index >= 15 is 0 Å². The van der Waals surface area contributed by atoms with Crippen LogP contribution in [0, 0.1) is 6.92 Å². The zero-order valence-electron chi connectivity index (χ0n) is 10.8. The van der Waals surface area contributed by atoms with E-state index in [0.717, 1.165) is 30.0 Å². The van der Waals surface area contributed by atoms with Crippen LogP contribution < -0.4 is 5.73 Å². The van der Waals surface area contributed by atoms with Crippen molar-refractivity contribution in [1.29, 1.82) is 0 Å². The van der Waals surface area contributed by atoms with E-state index in [0.29, 0.717) is 5.82 Å². The minimum absolute atomic E-state index is 0.599. The molecule has 4 nitrogen and oxygen atoms in total. The van der Waals surface area contributed by atoms with E-state index in [1.807, 2.05) is 37.3 Å². The number of nitrogens with zero attached hydrogens (tertiary/aromatic N) is 3. The van der Waals surface area contributed by atoms with Gasteiger partial charge in [-0.05, 0) is 32.2 Å². The number of hydrogen-bond acceptors (Lipinski definition) is 4. The molecule has 0 atom stereocenters. The van der Waals surface area contributed by atoms with Crippen LogP contribution in [0.4, 0.5) is 5.82 Å². The number of pyridine rings is 2. The fourth-order valence-electron chi connectivity index (χ4n) is 1.90. The molecule has 0 aromatic carbocycles. The maximum atomic E-state index is 5.83. The summed E-state index contributed by atoms with van der Waals surface area (Å²) in [5.74, 6) is 0.599. The summed E-state index contributed by atoms with van der Waals surface area (Å²) in [5.41, 5.74) is 8.99. The lowest BCUT2D eigenvalue weighted by Crippen LogP contribution is -2.19. The van der Waals surface area contributed by atoms with Gasteiger partial charge in [0.15, 0.2) is 0 Å². The van der Waals surface area contributed by atoms with Crippen molar-refractivity contribution in [3.63, 3.8) is 0 Å². The Kier molecular flexibility index (Phi) is 3.89. The van der Waals surface area contributed by atoms with Crippen molar-refractivity contribution in [3.05, 3.63) is 53.5 Å². The molecule has 4 heteroatoms. The molecule has 2 aromatic heterocycles. The maximum Gasteiger partial charge on any atom is 0.127 e. The third kappa shape index (κ3) is 3.28. The Balaban J connectivity index is 2.01. The van der Waals surface area contributed by atoms with Crippen LogP contribution in [-0.4, -0.2) is 21.9 Å². The number of nitrogen functional groups attached to an aromatic ring is 1. The van der Waals surface area contributed by atoms with Crippen LogP contribution in [0.1, 0.15) is 17.0 Å². The number of rotatable bonds is 4. The van der Waals surface area contributed by atoms with Gasteiger partial charge in [-0.1, -0.05) is 12.1 Å². The molecule has 2 aromatic rings. The maximum absolute atomic E-state index is 5.83. The van der Waals surface area contributed by atoms with Gasteiger partial charge in [0.2, 0.25) is 0 Å². The lowest BCUT2D eigenvalue weighted by molar-refractivity contribution is 0.315. The first-order valence-electron chi connectivity index (χ1n) is 5.95. The van der Waals surface area contributed by atoms with E-state index in [-0.39, 0.29) is 0 Å². The highest BCUT2D eigenvalue weighted by atomic mass is 15.1. The van der Waals surface area contributed by atoms with Gasteiger partial charge in [-0.3, -0.25) is 9.88 Å². The van der Waals surface area contributed by atoms with Crippen LogP contribution in [0.15, 0.2) is 36.5 Å². The van der Waals surface area contributed by atoms with E-state index in [1.54, 1.807) is 6.20 Å². The predicted octanol–water partition coefficient (Wildman–Crippen LogP) is 2.00. The summed E-state index contributed by atoms with van der Waals surface area (Å²) in [7, 11) is 2.05. The van der Waals surface area contributed by atoms with Crippen LogP contribution >= 0.6 is 0 Å². The summed E-state index contributed by atoms with van der Waals surface area (Å²) >= 11 is 0. The van der Waals surface area contributed by atoms with E-state index in [4.69, 9.17) is 5.73 Å². The molecule has 0 spiro atoms. The van der Waals surface area contributed by atoms with Gasteiger partial charge in [0.1, 0.15) is 5.82 Å². The van der Waals surface area contributed by atoms with Crippen LogP contribution in [0.3, 0.4) is 0 Å². The van der Waals surface area contributed by atoms with Gasteiger partial charge < -0.3 is 5.73 Å². The number of anilines is 1. The first-order chi connectivity index (χ1) is 8.65. The number of aryl methyl sites for hydroxylation is 1. The highest BCUT2D eigenvalue weighted by Crippen LogP contribution is 2.11. The van der Waals surface area contributed by atoms with Gasteiger partial charge in [0.25, 0.3) is 0 Å². The quantitative estimate of drug-likeness (QED) is 0.891. The van der Waals surface area contributed by atoms with Crippen LogP contribution in [-0.2, 0) is 13.1 Å². The molecule has 0 amide bonds. The van der Waals surface area contributed by atoms with Crippen molar-refractivity contribution in [2.45, 2.75) is 20.0 Å². The summed E-state index contributed by atoms with van der Waals surface area (Å²) < 4.78 is 0. The highest BCUT2D eigenvalue weighted by molar-refractivity contribution is 5.38. The molecule has 0 unspecified atom stereocenters. The molecular weight excluding hydrogens is 224 g/mol. The molecule has 0 fully saturated rings. The van der Waals surface area contributed by atoms with Crippen LogP contribution in [0.25, 0.3) is 0 Å². The molecule has 0 bridgehead atoms. The van der Waals surface area contributed by atoms with Crippen molar-refractivity contribution in [1.82, 2.24) is 14.9 Å². The molecule has 2 N–H and O–H groups in total. The summed E-state index contributed by atoms with van der Waals surface area (Å²) in [5, 5.41) is 0. The standard InChI is InChI=1S/C14H18N4/c1-11-5-3-7-13(17-11)10-18(2)9-12-6-4-8-16-14(12)15/h3-8H,9-10H2,1-2H3,(H2,15,16). The third-order valence-corrected chi connectivity index (χ3v) is 2.74. The molecule has 0 aliphatic carbocycles. The number of aromatic nitrogens is 2. The smallest absolute Gasteiger partial charge is 0.127 e. The minimum Gasteiger partial charge on any atom is -0.383 e. The van der Waals surface area contributed by atoms with E-state index < -0.39 is 0 Å². The number of hydrogen-bond donors (Lipinski definition) is 1. The van der Waals surface area contributed by atoms with Crippen molar-refractivity contribution < 1.29 is 0 Å². The van der Waals surface area contributed by atoms with Crippen molar-refractivity contribution in [3.8, 4) is 0 Å². The minimum atomic E-state index is 0.599. The van der Waals surface area contributed by atoms with Gasteiger partial charge in [0, 0.05) is 30.5 Å². The van der Waals surface area contributed by atoms with Gasteiger partial charge in [-0.2, -0.15) is 0 Å². The van der Waals surface area contributed by atoms with Crippen LogP contribution in [0.2, 0.25) is 0 Å². The predicted molar refractivity (Wildman–Crippen MR) is 72.8 cm³/mol. The molecule has 18 heavy (non-hydrogen) atoms. The largest absolute Gasteiger partial charge is 0.383 e. The molecule has 0 saturated heterocycles. The summed E-state index contributed by atoms with van der Waals surface area (Å²) in [6.45, 7) is 3.58. The Hall–Kier alpha value is -1.94. The fraction of sp³-hybridized carbons (Fsp3) is 0.286. The molecule has 0 aliphatic heterocycles. The fourth-order valence-corrected chi connectivity index (χ4v) is 1.90. The Labute approximate surface area is 107 Å². The van der Waals surface area contributed by atoms with Gasteiger partial charge in [-0.15, -0.1) is 0 Å². The first-order valence-corrected chi connectivity index (χ1v) is 5.95. The van der Waals surface area contributed by atoms with E-state index in [1.165, 1.54) is 0 Å². The SMILES string of the molecule is Cc1cccc(CN(C)Cc2cccnc2N)n1. The average molecular weight is 242 g/mol. The van der Waals surface area contributed by atoms with Crippen molar-refractivity contribution in [2.24, 2.45) is 0 Å². The van der Waals surface area contributed by atoms with Gasteiger partial charge in [0.05, 0.1) is 5.69 Å². The van der Waals surface area contributed by atoms with Crippen molar-refractivity contribution >= 4 is 5.82 Å². The lowest BCUT2D eigenvalue weighted by Gasteiger charge is -2.17. The molecule has 94 valence electrons. The molecule has 0 aliphatic rings. The summed E-state index contributed by atoms with van der Waals surface area (Å²) in [6.07, 6.45) is 1.71. The average Bonchev–Trinajstić information content (AvgIpc) is 2.32. The molecule has 2 rings (SSSR count). The van der Waals surface area contributed by atoms with E-state index in [9.17, 15) is 0 Å². The topological polar surface area (TPSA) is 55.0 Å². The molecule has 2 heterocycles. The van der Waals surface area contributed by atoms with Crippen LogP contribution in [0.5, 0.6) is 0 Å². The summed E-state index contributed by atoms with van der Waals surface area (Å²) in [4.78, 5) is 10.8. The molecular formula is C14H18N4. The zero-order chi connectivity index (χ0) is 13.0. The second kappa shape index (κ2) is 5.60. The second-order valence-electron chi connectivity index (χ2n) is 4.49. The highest BCUT2D eigenvalue weighted by Gasteiger charge is 2.05. The Morgan fingerprint density at radius 2 is 2.00 bits per heavy atom. The zero-order valence-corrected chi connectivity index (χ0v) is 10.8. The first kappa shape index (κ1) is 12.5. The van der Waals surface area contributed by atoms with Gasteiger partial charge in [-0.25, -0.2) is 4.98 Å². The normalized spacial score (nSPS) is 10.8. The molecule has 0 saturated carbocycles. The van der Waals surface area contributed by atoms with Crippen molar-refractivity contribution in [2.75, 3.05) is 12.8 Å².